The minimum Gasteiger partial charge on any atom is -0.488 e. The number of para-hydroxylation sites is 1. The van der Waals surface area contributed by atoms with Gasteiger partial charge >= 0.3 is 0 Å². The molecule has 0 unspecified atom stereocenters. The van der Waals surface area contributed by atoms with E-state index in [4.69, 9.17) is 37.7 Å². The summed E-state index contributed by atoms with van der Waals surface area (Å²) in [6.45, 7) is 7.56. The fourth-order valence-corrected chi connectivity index (χ4v) is 5.58. The molecule has 3 heterocycles. The fraction of sp³-hybridized carbons (Fsp3) is 0.519. The van der Waals surface area contributed by atoms with Gasteiger partial charge in [0.15, 0.2) is 11.5 Å². The summed E-state index contributed by atoms with van der Waals surface area (Å²) in [6.07, 6.45) is 7.73. The molecular weight excluding hydrogens is 469 g/mol. The van der Waals surface area contributed by atoms with Gasteiger partial charge in [-0.3, -0.25) is 9.80 Å². The van der Waals surface area contributed by atoms with Crippen LogP contribution in [-0.2, 0) is 0 Å². The van der Waals surface area contributed by atoms with E-state index in [1.165, 1.54) is 38.5 Å². The SMILES string of the molecule is Clc1cccc2cc3cc(OCCN4CCCCC4)c(OCCN4CCCCC4)c(Cl)c3nc12. The smallest absolute Gasteiger partial charge is 0.182 e. The van der Waals surface area contributed by atoms with Crippen molar-refractivity contribution in [2.45, 2.75) is 38.5 Å². The molecule has 0 N–H and O–H groups in total. The Balaban J connectivity index is 1.40. The highest BCUT2D eigenvalue weighted by Crippen LogP contribution is 2.42. The van der Waals surface area contributed by atoms with Crippen molar-refractivity contribution in [3.8, 4) is 11.5 Å². The first-order valence-corrected chi connectivity index (χ1v) is 13.4. The fourth-order valence-electron chi connectivity index (χ4n) is 5.06. The number of likely N-dealkylation sites (tertiary alicyclic amines) is 2. The van der Waals surface area contributed by atoms with Gasteiger partial charge in [0.25, 0.3) is 0 Å². The Bertz CT molecular complexity index is 1130. The molecule has 2 aromatic carbocycles. The van der Waals surface area contributed by atoms with E-state index in [2.05, 4.69) is 15.9 Å². The molecule has 182 valence electrons. The van der Waals surface area contributed by atoms with Crippen molar-refractivity contribution in [3.05, 3.63) is 40.4 Å². The molecule has 2 aliphatic heterocycles. The lowest BCUT2D eigenvalue weighted by Gasteiger charge is -2.27. The van der Waals surface area contributed by atoms with Crippen LogP contribution < -0.4 is 9.47 Å². The van der Waals surface area contributed by atoms with Gasteiger partial charge in [-0.15, -0.1) is 0 Å². The molecule has 3 aromatic rings. The molecule has 5 nitrogen and oxygen atoms in total. The first-order chi connectivity index (χ1) is 16.7. The van der Waals surface area contributed by atoms with E-state index in [9.17, 15) is 0 Å². The number of halogens is 2. The number of pyridine rings is 1. The maximum Gasteiger partial charge on any atom is 0.182 e. The lowest BCUT2D eigenvalue weighted by Crippen LogP contribution is -2.33. The number of piperidine rings is 2. The Morgan fingerprint density at radius 2 is 1.38 bits per heavy atom. The summed E-state index contributed by atoms with van der Waals surface area (Å²) < 4.78 is 12.6. The molecule has 0 aliphatic carbocycles. The van der Waals surface area contributed by atoms with Crippen LogP contribution in [0.25, 0.3) is 21.8 Å². The largest absolute Gasteiger partial charge is 0.488 e. The molecule has 1 aromatic heterocycles. The van der Waals surface area contributed by atoms with Crippen LogP contribution in [0, 0.1) is 0 Å². The number of benzene rings is 2. The number of fused-ring (bicyclic) bond motifs is 2. The Hall–Kier alpha value is -1.79. The van der Waals surface area contributed by atoms with Gasteiger partial charge in [-0.1, -0.05) is 48.2 Å². The van der Waals surface area contributed by atoms with Crippen molar-refractivity contribution in [2.75, 3.05) is 52.5 Å². The molecule has 5 rings (SSSR count). The zero-order valence-corrected chi connectivity index (χ0v) is 21.2. The molecule has 0 amide bonds. The molecule has 2 fully saturated rings. The van der Waals surface area contributed by atoms with E-state index in [1.54, 1.807) is 0 Å². The average Bonchev–Trinajstić information content (AvgIpc) is 2.86. The van der Waals surface area contributed by atoms with Crippen LogP contribution in [0.5, 0.6) is 11.5 Å². The Morgan fingerprint density at radius 3 is 2.06 bits per heavy atom. The number of ether oxygens (including phenoxy) is 2. The number of rotatable bonds is 8. The first-order valence-electron chi connectivity index (χ1n) is 12.6. The minimum absolute atomic E-state index is 0.492. The molecule has 0 saturated carbocycles. The third-order valence-electron chi connectivity index (χ3n) is 6.96. The standard InChI is InChI=1S/C27H33Cl2N3O2/c28-22-9-7-8-20-18-21-19-23(33-16-14-31-10-3-1-4-11-31)27(24(29)26(21)30-25(20)22)34-17-15-32-12-5-2-6-13-32/h7-9,18-19H,1-6,10-17H2. The number of hydrogen-bond acceptors (Lipinski definition) is 5. The van der Waals surface area contributed by atoms with Crippen molar-refractivity contribution >= 4 is 45.0 Å². The molecule has 0 bridgehead atoms. The molecular formula is C27H33Cl2N3O2. The van der Waals surface area contributed by atoms with Crippen molar-refractivity contribution in [1.82, 2.24) is 14.8 Å². The predicted octanol–water partition coefficient (Wildman–Crippen LogP) is 6.42. The molecule has 34 heavy (non-hydrogen) atoms. The van der Waals surface area contributed by atoms with Crippen LogP contribution in [0.3, 0.4) is 0 Å². The lowest BCUT2D eigenvalue weighted by molar-refractivity contribution is 0.168. The molecule has 0 radical (unpaired) electrons. The van der Waals surface area contributed by atoms with Crippen LogP contribution in [0.4, 0.5) is 0 Å². The number of hydrogen-bond donors (Lipinski definition) is 0. The third kappa shape index (κ3) is 5.54. The Labute approximate surface area is 211 Å². The zero-order chi connectivity index (χ0) is 23.3. The van der Waals surface area contributed by atoms with E-state index in [0.29, 0.717) is 40.3 Å². The minimum atomic E-state index is 0.492. The third-order valence-corrected chi connectivity index (χ3v) is 7.62. The van der Waals surface area contributed by atoms with Crippen molar-refractivity contribution < 1.29 is 9.47 Å². The van der Waals surface area contributed by atoms with Crippen LogP contribution in [0.1, 0.15) is 38.5 Å². The predicted molar refractivity (Wildman–Crippen MR) is 141 cm³/mol. The highest BCUT2D eigenvalue weighted by molar-refractivity contribution is 6.38. The van der Waals surface area contributed by atoms with E-state index < -0.39 is 0 Å². The topological polar surface area (TPSA) is 37.8 Å². The highest BCUT2D eigenvalue weighted by atomic mass is 35.5. The van der Waals surface area contributed by atoms with Crippen molar-refractivity contribution in [3.63, 3.8) is 0 Å². The summed E-state index contributed by atoms with van der Waals surface area (Å²) in [7, 11) is 0. The van der Waals surface area contributed by atoms with E-state index >= 15 is 0 Å². The Morgan fingerprint density at radius 1 is 0.735 bits per heavy atom. The first kappa shape index (κ1) is 23.9. The summed E-state index contributed by atoms with van der Waals surface area (Å²) in [5, 5.41) is 3.01. The van der Waals surface area contributed by atoms with Crippen LogP contribution >= 0.6 is 23.2 Å². The van der Waals surface area contributed by atoms with Crippen molar-refractivity contribution in [1.29, 1.82) is 0 Å². The normalized spacial score (nSPS) is 17.9. The van der Waals surface area contributed by atoms with Crippen LogP contribution in [-0.4, -0.2) is 67.3 Å². The monoisotopic (exact) mass is 501 g/mol. The second-order valence-corrected chi connectivity index (χ2v) is 10.2. The van der Waals surface area contributed by atoms with Gasteiger partial charge in [0.05, 0.1) is 16.1 Å². The molecule has 2 saturated heterocycles. The maximum absolute atomic E-state index is 6.91. The van der Waals surface area contributed by atoms with Gasteiger partial charge in [0.2, 0.25) is 0 Å². The van der Waals surface area contributed by atoms with E-state index in [-0.39, 0.29) is 0 Å². The maximum atomic E-state index is 6.91. The van der Waals surface area contributed by atoms with Gasteiger partial charge in [-0.25, -0.2) is 4.98 Å². The summed E-state index contributed by atoms with van der Waals surface area (Å²) in [6, 6.07) is 9.89. The van der Waals surface area contributed by atoms with Gasteiger partial charge in [-0.2, -0.15) is 0 Å². The van der Waals surface area contributed by atoms with Crippen LogP contribution in [0.15, 0.2) is 30.3 Å². The quantitative estimate of drug-likeness (QED) is 0.332. The molecule has 2 aliphatic rings. The molecule has 7 heteroatoms. The summed E-state index contributed by atoms with van der Waals surface area (Å²) in [5.41, 5.74) is 1.44. The summed E-state index contributed by atoms with van der Waals surface area (Å²) >= 11 is 13.3. The van der Waals surface area contributed by atoms with Gasteiger partial charge in [-0.05, 0) is 70.1 Å². The zero-order valence-electron chi connectivity index (χ0n) is 19.7. The van der Waals surface area contributed by atoms with Crippen LogP contribution in [0.2, 0.25) is 10.0 Å². The van der Waals surface area contributed by atoms with Crippen molar-refractivity contribution in [2.24, 2.45) is 0 Å². The number of nitrogens with zero attached hydrogens (tertiary/aromatic N) is 3. The summed E-state index contributed by atoms with van der Waals surface area (Å²) in [5.74, 6) is 1.28. The van der Waals surface area contributed by atoms with E-state index in [1.807, 2.05) is 24.3 Å². The van der Waals surface area contributed by atoms with Gasteiger partial charge in [0.1, 0.15) is 18.2 Å². The number of aromatic nitrogens is 1. The van der Waals surface area contributed by atoms with Gasteiger partial charge < -0.3 is 9.47 Å². The summed E-state index contributed by atoms with van der Waals surface area (Å²) in [4.78, 5) is 9.74. The molecule has 0 spiro atoms. The Kier molecular flexibility index (Phi) is 7.95. The average molecular weight is 502 g/mol. The van der Waals surface area contributed by atoms with E-state index in [0.717, 1.165) is 55.6 Å². The highest BCUT2D eigenvalue weighted by Gasteiger charge is 2.19. The molecule has 0 atom stereocenters. The second kappa shape index (κ2) is 11.3. The lowest BCUT2D eigenvalue weighted by atomic mass is 10.1. The second-order valence-electron chi connectivity index (χ2n) is 9.39. The van der Waals surface area contributed by atoms with Gasteiger partial charge in [0, 0.05) is 23.9 Å².